The summed E-state index contributed by atoms with van der Waals surface area (Å²) >= 11 is 0. The van der Waals surface area contributed by atoms with Crippen molar-refractivity contribution < 1.29 is 29.4 Å². The van der Waals surface area contributed by atoms with Crippen molar-refractivity contribution in [2.45, 2.75) is 89.6 Å². The highest BCUT2D eigenvalue weighted by molar-refractivity contribution is 5.94. The highest BCUT2D eigenvalue weighted by Crippen LogP contribution is 2.19. The molecule has 0 unspecified atom stereocenters. The van der Waals surface area contributed by atoms with Gasteiger partial charge in [0.25, 0.3) is 0 Å². The van der Waals surface area contributed by atoms with E-state index in [1.165, 1.54) is 11.8 Å². The molecule has 0 aromatic carbocycles. The molecule has 1 rings (SSSR count). The molecule has 5 atom stereocenters. The standard InChI is InChI=1S/C21H39N5O6/c1-12(2)11-15(18(28)24-14(21(31)32)7-4-5-9-22)25-19(29)16-8-6-10-26(16)20(30)17(23)13(3)27/h12-17,27H,4-11,22-23H2,1-3H3,(H,24,28)(H,25,29)(H,31,32)/t13-,14+,15+,16+,17+/m1/s1. The van der Waals surface area contributed by atoms with Gasteiger partial charge in [0.2, 0.25) is 17.7 Å². The van der Waals surface area contributed by atoms with Gasteiger partial charge in [0.05, 0.1) is 6.10 Å². The zero-order valence-corrected chi connectivity index (χ0v) is 19.3. The summed E-state index contributed by atoms with van der Waals surface area (Å²) in [6, 6.07) is -3.95. The topological polar surface area (TPSA) is 188 Å². The molecule has 0 spiro atoms. The summed E-state index contributed by atoms with van der Waals surface area (Å²) < 4.78 is 0. The van der Waals surface area contributed by atoms with E-state index in [4.69, 9.17) is 11.5 Å². The van der Waals surface area contributed by atoms with Crippen molar-refractivity contribution in [1.29, 1.82) is 0 Å². The summed E-state index contributed by atoms with van der Waals surface area (Å²) in [5, 5.41) is 24.3. The Balaban J connectivity index is 2.88. The van der Waals surface area contributed by atoms with Crippen LogP contribution in [0.3, 0.4) is 0 Å². The lowest BCUT2D eigenvalue weighted by molar-refractivity contribution is -0.143. The normalized spacial score (nSPS) is 19.8. The Bertz CT molecular complexity index is 657. The van der Waals surface area contributed by atoms with E-state index < -0.39 is 54.0 Å². The maximum absolute atomic E-state index is 13.0. The van der Waals surface area contributed by atoms with Crippen molar-refractivity contribution in [3.8, 4) is 0 Å². The van der Waals surface area contributed by atoms with Gasteiger partial charge in [0.15, 0.2) is 0 Å². The number of nitrogens with zero attached hydrogens (tertiary/aromatic N) is 1. The molecule has 3 amide bonds. The van der Waals surface area contributed by atoms with Crippen LogP contribution in [0, 0.1) is 5.92 Å². The van der Waals surface area contributed by atoms with Gasteiger partial charge in [-0.05, 0) is 57.9 Å². The van der Waals surface area contributed by atoms with Crippen LogP contribution in [-0.4, -0.2) is 82.2 Å². The highest BCUT2D eigenvalue weighted by Gasteiger charge is 2.38. The molecule has 1 aliphatic rings. The van der Waals surface area contributed by atoms with Crippen LogP contribution in [-0.2, 0) is 19.2 Å². The number of unbranched alkanes of at least 4 members (excludes halogenated alkanes) is 1. The lowest BCUT2D eigenvalue weighted by Gasteiger charge is -2.29. The molecule has 0 aromatic heterocycles. The Labute approximate surface area is 189 Å². The molecule has 1 aliphatic heterocycles. The number of hydrogen-bond acceptors (Lipinski definition) is 7. The van der Waals surface area contributed by atoms with Crippen molar-refractivity contribution in [2.75, 3.05) is 13.1 Å². The molecule has 0 bridgehead atoms. The van der Waals surface area contributed by atoms with Crippen LogP contribution >= 0.6 is 0 Å². The number of amides is 3. The smallest absolute Gasteiger partial charge is 0.326 e. The third-order valence-corrected chi connectivity index (χ3v) is 5.54. The first-order valence-corrected chi connectivity index (χ1v) is 11.3. The van der Waals surface area contributed by atoms with Crippen LogP contribution in [0.4, 0.5) is 0 Å². The number of carboxylic acids is 1. The van der Waals surface area contributed by atoms with Gasteiger partial charge in [-0.2, -0.15) is 0 Å². The third-order valence-electron chi connectivity index (χ3n) is 5.54. The molecule has 0 saturated carbocycles. The number of aliphatic hydroxyl groups excluding tert-OH is 1. The van der Waals surface area contributed by atoms with Crippen LogP contribution in [0.15, 0.2) is 0 Å². The lowest BCUT2D eigenvalue weighted by Crippen LogP contribution is -2.57. The number of hydrogen-bond donors (Lipinski definition) is 6. The number of rotatable bonds is 13. The number of aliphatic carboxylic acids is 1. The zero-order valence-electron chi connectivity index (χ0n) is 19.3. The molecule has 11 heteroatoms. The Kier molecular flexibility index (Phi) is 11.6. The van der Waals surface area contributed by atoms with Crippen LogP contribution in [0.2, 0.25) is 0 Å². The molecular weight excluding hydrogens is 418 g/mol. The molecule has 0 aliphatic carbocycles. The van der Waals surface area contributed by atoms with E-state index in [9.17, 15) is 29.4 Å². The van der Waals surface area contributed by atoms with E-state index in [-0.39, 0.29) is 12.3 Å². The first-order chi connectivity index (χ1) is 15.0. The van der Waals surface area contributed by atoms with E-state index in [0.29, 0.717) is 45.2 Å². The maximum Gasteiger partial charge on any atom is 0.326 e. The average Bonchev–Trinajstić information content (AvgIpc) is 3.20. The predicted molar refractivity (Wildman–Crippen MR) is 118 cm³/mol. The fourth-order valence-corrected chi connectivity index (χ4v) is 3.69. The second-order valence-electron chi connectivity index (χ2n) is 8.83. The van der Waals surface area contributed by atoms with Gasteiger partial charge >= 0.3 is 5.97 Å². The number of nitrogens with one attached hydrogen (secondary N) is 2. The number of likely N-dealkylation sites (tertiary alicyclic amines) is 1. The van der Waals surface area contributed by atoms with Gasteiger partial charge < -0.3 is 37.2 Å². The van der Waals surface area contributed by atoms with E-state index >= 15 is 0 Å². The highest BCUT2D eigenvalue weighted by atomic mass is 16.4. The van der Waals surface area contributed by atoms with Gasteiger partial charge in [0.1, 0.15) is 24.2 Å². The van der Waals surface area contributed by atoms with E-state index in [1.54, 1.807) is 0 Å². The molecule has 1 fully saturated rings. The summed E-state index contributed by atoms with van der Waals surface area (Å²) in [5.41, 5.74) is 11.2. The van der Waals surface area contributed by atoms with Crippen molar-refractivity contribution in [3.05, 3.63) is 0 Å². The number of nitrogens with two attached hydrogens (primary N) is 2. The molecule has 8 N–H and O–H groups in total. The Hall–Kier alpha value is -2.24. The average molecular weight is 458 g/mol. The second-order valence-corrected chi connectivity index (χ2v) is 8.83. The van der Waals surface area contributed by atoms with E-state index in [2.05, 4.69) is 10.6 Å². The van der Waals surface area contributed by atoms with E-state index in [0.717, 1.165) is 0 Å². The molecule has 11 nitrogen and oxygen atoms in total. The molecule has 0 radical (unpaired) electrons. The van der Waals surface area contributed by atoms with Crippen molar-refractivity contribution in [2.24, 2.45) is 17.4 Å². The van der Waals surface area contributed by atoms with Crippen LogP contribution in [0.1, 0.15) is 59.3 Å². The minimum absolute atomic E-state index is 0.0524. The van der Waals surface area contributed by atoms with Gasteiger partial charge in [-0.15, -0.1) is 0 Å². The Morgan fingerprint density at radius 3 is 2.28 bits per heavy atom. The first-order valence-electron chi connectivity index (χ1n) is 11.3. The SMILES string of the molecule is CC(C)C[C@H](NC(=O)[C@@H]1CCCN1C(=O)[C@@H](N)[C@@H](C)O)C(=O)N[C@@H](CCCCN)C(=O)O. The zero-order chi connectivity index (χ0) is 24.4. The summed E-state index contributed by atoms with van der Waals surface area (Å²) in [7, 11) is 0. The molecule has 32 heavy (non-hydrogen) atoms. The van der Waals surface area contributed by atoms with Gasteiger partial charge in [-0.25, -0.2) is 4.79 Å². The quantitative estimate of drug-likeness (QED) is 0.188. The van der Waals surface area contributed by atoms with Crippen molar-refractivity contribution >= 4 is 23.7 Å². The van der Waals surface area contributed by atoms with Crippen LogP contribution < -0.4 is 22.1 Å². The fraction of sp³-hybridized carbons (Fsp3) is 0.810. The largest absolute Gasteiger partial charge is 0.480 e. The number of carbonyl (C=O) groups is 4. The summed E-state index contributed by atoms with van der Waals surface area (Å²) in [4.78, 5) is 51.2. The number of carboxylic acid groups (broad SMARTS) is 1. The summed E-state index contributed by atoms with van der Waals surface area (Å²) in [5.74, 6) is -2.69. The number of carbonyl (C=O) groups excluding carboxylic acids is 3. The minimum Gasteiger partial charge on any atom is -0.480 e. The monoisotopic (exact) mass is 457 g/mol. The second kappa shape index (κ2) is 13.3. The van der Waals surface area contributed by atoms with Gasteiger partial charge in [0, 0.05) is 6.54 Å². The molecular formula is C21H39N5O6. The predicted octanol–water partition coefficient (Wildman–Crippen LogP) is -1.09. The molecule has 184 valence electrons. The molecule has 1 saturated heterocycles. The maximum atomic E-state index is 13.0. The third kappa shape index (κ3) is 8.36. The minimum atomic E-state index is -1.15. The van der Waals surface area contributed by atoms with Crippen LogP contribution in [0.25, 0.3) is 0 Å². The van der Waals surface area contributed by atoms with Crippen molar-refractivity contribution in [1.82, 2.24) is 15.5 Å². The first kappa shape index (κ1) is 27.8. The fourth-order valence-electron chi connectivity index (χ4n) is 3.69. The lowest BCUT2D eigenvalue weighted by atomic mass is 10.0. The van der Waals surface area contributed by atoms with Gasteiger partial charge in [-0.1, -0.05) is 13.8 Å². The van der Waals surface area contributed by atoms with Crippen molar-refractivity contribution in [3.63, 3.8) is 0 Å². The summed E-state index contributed by atoms with van der Waals surface area (Å²) in [6.45, 7) is 5.94. The van der Waals surface area contributed by atoms with Gasteiger partial charge in [-0.3, -0.25) is 14.4 Å². The Morgan fingerprint density at radius 1 is 1.09 bits per heavy atom. The van der Waals surface area contributed by atoms with Crippen LogP contribution in [0.5, 0.6) is 0 Å². The molecule has 1 heterocycles. The Morgan fingerprint density at radius 2 is 1.75 bits per heavy atom. The van der Waals surface area contributed by atoms with E-state index in [1.807, 2.05) is 13.8 Å². The summed E-state index contributed by atoms with van der Waals surface area (Å²) in [6.07, 6.45) is 1.70. The molecule has 0 aromatic rings. The number of aliphatic hydroxyl groups is 1.